The van der Waals surface area contributed by atoms with Gasteiger partial charge in [0, 0.05) is 0 Å². The van der Waals surface area contributed by atoms with Crippen molar-refractivity contribution in [1.29, 1.82) is 0 Å². The summed E-state index contributed by atoms with van der Waals surface area (Å²) in [7, 11) is -13.7. The van der Waals surface area contributed by atoms with Gasteiger partial charge in [-0.1, -0.05) is 6.07 Å². The lowest BCUT2D eigenvalue weighted by atomic mass is 10.3. The average Bonchev–Trinajstić information content (AvgIpc) is 2.26. The number of alkyl halides is 4. The molecular formula is C8H4F6O5S2. The van der Waals surface area contributed by atoms with Crippen LogP contribution in [-0.2, 0) is 20.0 Å². The highest BCUT2D eigenvalue weighted by atomic mass is 32.2. The van der Waals surface area contributed by atoms with E-state index in [1.165, 1.54) is 0 Å². The summed E-state index contributed by atoms with van der Waals surface area (Å²) in [6.07, 6.45) is 0. The van der Waals surface area contributed by atoms with Crippen LogP contribution in [-0.4, -0.2) is 31.9 Å². The highest BCUT2D eigenvalue weighted by Gasteiger charge is 2.74. The molecule has 1 N–H and O–H groups in total. The molecule has 21 heavy (non-hydrogen) atoms. The van der Waals surface area contributed by atoms with Crippen LogP contribution >= 0.6 is 0 Å². The molecule has 0 aliphatic rings. The zero-order valence-corrected chi connectivity index (χ0v) is 11.0. The second-order valence-electron chi connectivity index (χ2n) is 3.56. The van der Waals surface area contributed by atoms with Crippen molar-refractivity contribution < 1.29 is 47.7 Å². The first kappa shape index (κ1) is 17.7. The minimum absolute atomic E-state index is 0.178. The van der Waals surface area contributed by atoms with Crippen LogP contribution in [0.25, 0.3) is 0 Å². The smallest absolute Gasteiger partial charge is 0.281 e. The summed E-state index contributed by atoms with van der Waals surface area (Å²) >= 11 is 0. The Morgan fingerprint density at radius 2 is 1.24 bits per heavy atom. The fourth-order valence-corrected chi connectivity index (χ4v) is 3.34. The average molecular weight is 358 g/mol. The van der Waals surface area contributed by atoms with E-state index in [9.17, 15) is 43.2 Å². The van der Waals surface area contributed by atoms with Crippen LogP contribution in [0.4, 0.5) is 26.3 Å². The summed E-state index contributed by atoms with van der Waals surface area (Å²) in [6, 6.07) is 0.915. The van der Waals surface area contributed by atoms with E-state index in [1.807, 2.05) is 0 Å². The van der Waals surface area contributed by atoms with Gasteiger partial charge in [-0.15, -0.1) is 0 Å². The van der Waals surface area contributed by atoms with Gasteiger partial charge in [0.2, 0.25) is 0 Å². The number of halogens is 6. The molecule has 0 atom stereocenters. The van der Waals surface area contributed by atoms with E-state index in [4.69, 9.17) is 4.55 Å². The van der Waals surface area contributed by atoms with Crippen LogP contribution in [0.5, 0.6) is 0 Å². The van der Waals surface area contributed by atoms with E-state index in [2.05, 4.69) is 0 Å². The fourth-order valence-electron chi connectivity index (χ4n) is 1.17. The lowest BCUT2D eigenvalue weighted by molar-refractivity contribution is -0.101. The maximum Gasteiger partial charge on any atom is 0.447 e. The van der Waals surface area contributed by atoms with Gasteiger partial charge in [0.05, 0.1) is 0 Å². The molecule has 1 rings (SSSR count). The summed E-state index contributed by atoms with van der Waals surface area (Å²) in [6.45, 7) is 0. The Morgan fingerprint density at radius 1 is 0.857 bits per heavy atom. The molecule has 0 heterocycles. The van der Waals surface area contributed by atoms with Crippen LogP contribution in [0.1, 0.15) is 0 Å². The Kier molecular flexibility index (Phi) is 4.09. The Hall–Kier alpha value is -1.34. The molecule has 0 radical (unpaired) electrons. The van der Waals surface area contributed by atoms with Crippen molar-refractivity contribution in [3.8, 4) is 0 Å². The van der Waals surface area contributed by atoms with Gasteiger partial charge in [0.15, 0.2) is 0 Å². The van der Waals surface area contributed by atoms with Crippen LogP contribution in [0.3, 0.4) is 0 Å². The summed E-state index contributed by atoms with van der Waals surface area (Å²) in [4.78, 5) is -2.45. The number of hydrogen-bond acceptors (Lipinski definition) is 4. The van der Waals surface area contributed by atoms with Crippen LogP contribution < -0.4 is 0 Å². The highest BCUT2D eigenvalue weighted by Crippen LogP contribution is 2.45. The summed E-state index contributed by atoms with van der Waals surface area (Å²) in [5.41, 5.74) is 0. The minimum Gasteiger partial charge on any atom is -0.281 e. The first-order valence-corrected chi connectivity index (χ1v) is 7.51. The van der Waals surface area contributed by atoms with E-state index in [0.29, 0.717) is 6.07 Å². The maximum absolute atomic E-state index is 13.3. The third-order valence-electron chi connectivity index (χ3n) is 2.19. The molecule has 0 bridgehead atoms. The predicted molar refractivity (Wildman–Crippen MR) is 55.0 cm³/mol. The van der Waals surface area contributed by atoms with Gasteiger partial charge in [-0.25, -0.2) is 17.2 Å². The van der Waals surface area contributed by atoms with Crippen molar-refractivity contribution in [1.82, 2.24) is 0 Å². The van der Waals surface area contributed by atoms with Gasteiger partial charge in [-0.2, -0.15) is 26.0 Å². The summed E-state index contributed by atoms with van der Waals surface area (Å²) in [5.74, 6) is -4.28. The van der Waals surface area contributed by atoms with E-state index >= 15 is 0 Å². The Labute approximate surface area is 113 Å². The molecule has 0 unspecified atom stereocenters. The van der Waals surface area contributed by atoms with Crippen molar-refractivity contribution in [2.45, 2.75) is 15.4 Å². The minimum atomic E-state index is -6.88. The monoisotopic (exact) mass is 358 g/mol. The highest BCUT2D eigenvalue weighted by molar-refractivity contribution is 7.94. The zero-order chi connectivity index (χ0) is 16.9. The van der Waals surface area contributed by atoms with Gasteiger partial charge in [-0.3, -0.25) is 4.55 Å². The third kappa shape index (κ3) is 2.48. The second-order valence-corrected chi connectivity index (χ2v) is 6.95. The fraction of sp³-hybridized carbons (Fsp3) is 0.250. The molecule has 0 spiro atoms. The van der Waals surface area contributed by atoms with Gasteiger partial charge in [0.25, 0.3) is 9.84 Å². The first-order chi connectivity index (χ1) is 9.18. The molecule has 13 heteroatoms. The third-order valence-corrected chi connectivity index (χ3v) is 5.08. The molecule has 0 fully saturated rings. The van der Waals surface area contributed by atoms with Gasteiger partial charge in [-0.05, 0) is 12.1 Å². The summed E-state index contributed by atoms with van der Waals surface area (Å²) < 4.78 is 130. The number of rotatable bonds is 4. The lowest BCUT2D eigenvalue weighted by Crippen LogP contribution is -2.52. The molecule has 0 aliphatic carbocycles. The Morgan fingerprint density at radius 3 is 1.57 bits per heavy atom. The van der Waals surface area contributed by atoms with Crippen LogP contribution in [0.15, 0.2) is 23.1 Å². The molecule has 5 nitrogen and oxygen atoms in total. The quantitative estimate of drug-likeness (QED) is 0.655. The van der Waals surface area contributed by atoms with Crippen LogP contribution in [0, 0.1) is 11.6 Å². The predicted octanol–water partition coefficient (Wildman–Crippen LogP) is 1.81. The summed E-state index contributed by atoms with van der Waals surface area (Å²) in [5, 5.41) is -13.0. The molecule has 0 aliphatic heterocycles. The van der Waals surface area contributed by atoms with Crippen molar-refractivity contribution in [2.24, 2.45) is 0 Å². The number of hydrogen-bond donors (Lipinski definition) is 1. The lowest BCUT2D eigenvalue weighted by Gasteiger charge is -2.23. The SMILES string of the molecule is O=S(=O)(O)C(F)(F)C(F)(F)S(=O)(=O)c1c(F)cccc1F. The van der Waals surface area contributed by atoms with Gasteiger partial charge < -0.3 is 0 Å². The topological polar surface area (TPSA) is 88.5 Å². The molecular weight excluding hydrogens is 354 g/mol. The van der Waals surface area contributed by atoms with E-state index in [1.54, 1.807) is 0 Å². The Balaban J connectivity index is 3.72. The molecule has 0 saturated carbocycles. The number of benzene rings is 1. The standard InChI is InChI=1S/C8H4F6O5S2/c9-4-2-1-3-5(10)6(4)20(15,16)7(11,12)8(13,14)21(17,18)19/h1-3H,(H,17,18,19). The van der Waals surface area contributed by atoms with Gasteiger partial charge >= 0.3 is 20.6 Å². The van der Waals surface area contributed by atoms with Crippen LogP contribution in [0.2, 0.25) is 0 Å². The molecule has 1 aromatic carbocycles. The Bertz CT molecular complexity index is 750. The number of sulfone groups is 1. The van der Waals surface area contributed by atoms with E-state index < -0.39 is 47.0 Å². The second kappa shape index (κ2) is 4.84. The van der Waals surface area contributed by atoms with Gasteiger partial charge in [0.1, 0.15) is 16.5 Å². The molecule has 120 valence electrons. The van der Waals surface area contributed by atoms with E-state index in [-0.39, 0.29) is 12.1 Å². The maximum atomic E-state index is 13.3. The van der Waals surface area contributed by atoms with E-state index in [0.717, 1.165) is 0 Å². The molecule has 0 aromatic heterocycles. The molecule has 1 aromatic rings. The van der Waals surface area contributed by atoms with Crippen molar-refractivity contribution in [2.75, 3.05) is 0 Å². The van der Waals surface area contributed by atoms with Crippen molar-refractivity contribution >= 4 is 20.0 Å². The molecule has 0 saturated heterocycles. The van der Waals surface area contributed by atoms with Crippen molar-refractivity contribution in [3.63, 3.8) is 0 Å². The zero-order valence-electron chi connectivity index (χ0n) is 9.40. The largest absolute Gasteiger partial charge is 0.447 e. The van der Waals surface area contributed by atoms with Crippen molar-refractivity contribution in [3.05, 3.63) is 29.8 Å². The first-order valence-electron chi connectivity index (χ1n) is 4.59. The molecule has 0 amide bonds. The normalized spacial score (nSPS) is 14.2.